The summed E-state index contributed by atoms with van der Waals surface area (Å²) in [6.07, 6.45) is 1.09. The van der Waals surface area contributed by atoms with Gasteiger partial charge in [-0.1, -0.05) is 6.92 Å². The number of hydrogen-bond acceptors (Lipinski definition) is 5. The molecule has 18 heavy (non-hydrogen) atoms. The smallest absolute Gasteiger partial charge is 0.271 e. The van der Waals surface area contributed by atoms with E-state index in [1.54, 1.807) is 13.8 Å². The highest BCUT2D eigenvalue weighted by molar-refractivity contribution is 5.00. The minimum atomic E-state index is -0.816. The monoisotopic (exact) mass is 262 g/mol. The van der Waals surface area contributed by atoms with Crippen LogP contribution in [-0.4, -0.2) is 49.2 Å². The first kappa shape index (κ1) is 15.9. The van der Waals surface area contributed by atoms with E-state index in [0.29, 0.717) is 19.6 Å². The van der Waals surface area contributed by atoms with E-state index in [9.17, 15) is 5.11 Å². The summed E-state index contributed by atoms with van der Waals surface area (Å²) in [6.45, 7) is 7.91. The van der Waals surface area contributed by atoms with Crippen molar-refractivity contribution in [2.24, 2.45) is 0 Å². The van der Waals surface area contributed by atoms with Crippen LogP contribution in [0, 0.1) is 0 Å². The van der Waals surface area contributed by atoms with Crippen LogP contribution in [0.1, 0.15) is 40.5 Å². The zero-order valence-corrected chi connectivity index (χ0v) is 12.1. The summed E-state index contributed by atoms with van der Waals surface area (Å²) in [4.78, 5) is 0. The molecule has 1 aliphatic rings. The van der Waals surface area contributed by atoms with Crippen LogP contribution in [0.3, 0.4) is 0 Å². The van der Waals surface area contributed by atoms with Crippen LogP contribution in [0.4, 0.5) is 0 Å². The summed E-state index contributed by atoms with van der Waals surface area (Å²) in [7, 11) is 1.54. The summed E-state index contributed by atoms with van der Waals surface area (Å²) in [5, 5.41) is 9.97. The highest BCUT2D eigenvalue weighted by atomic mass is 16.8. The molecule has 3 unspecified atom stereocenters. The quantitative estimate of drug-likeness (QED) is 0.506. The van der Waals surface area contributed by atoms with Gasteiger partial charge in [0.1, 0.15) is 5.60 Å². The van der Waals surface area contributed by atoms with Crippen LogP contribution in [0.5, 0.6) is 0 Å². The molecule has 0 aliphatic carbocycles. The number of ether oxygens (including phenoxy) is 4. The Morgan fingerprint density at radius 2 is 2.00 bits per heavy atom. The van der Waals surface area contributed by atoms with Gasteiger partial charge in [0.25, 0.3) is 6.48 Å². The molecule has 5 nitrogen and oxygen atoms in total. The van der Waals surface area contributed by atoms with Gasteiger partial charge in [-0.25, -0.2) is 0 Å². The summed E-state index contributed by atoms with van der Waals surface area (Å²) in [5.74, 6) is 0. The predicted octanol–water partition coefficient (Wildman–Crippen LogP) is 1.68. The lowest BCUT2D eigenvalue weighted by Gasteiger charge is -2.31. The molecule has 1 aliphatic heterocycles. The van der Waals surface area contributed by atoms with Crippen molar-refractivity contribution < 1.29 is 24.1 Å². The molecule has 0 spiro atoms. The Hall–Kier alpha value is -0.200. The van der Waals surface area contributed by atoms with E-state index in [0.717, 1.165) is 6.42 Å². The third-order valence-electron chi connectivity index (χ3n) is 3.16. The van der Waals surface area contributed by atoms with Gasteiger partial charge >= 0.3 is 0 Å². The number of epoxide rings is 1. The summed E-state index contributed by atoms with van der Waals surface area (Å²) >= 11 is 0. The van der Waals surface area contributed by atoms with Gasteiger partial charge in [-0.05, 0) is 27.2 Å². The zero-order valence-electron chi connectivity index (χ0n) is 12.1. The number of methoxy groups -OCH3 is 1. The Kier molecular flexibility index (Phi) is 5.55. The van der Waals surface area contributed by atoms with E-state index in [2.05, 4.69) is 6.92 Å². The number of aliphatic hydroxyl groups is 1. The highest BCUT2D eigenvalue weighted by Crippen LogP contribution is 2.40. The third-order valence-corrected chi connectivity index (χ3v) is 3.16. The molecule has 5 heteroatoms. The summed E-state index contributed by atoms with van der Waals surface area (Å²) in [6, 6.07) is 0. The normalized spacial score (nSPS) is 27.0. The van der Waals surface area contributed by atoms with Crippen molar-refractivity contribution in [1.82, 2.24) is 0 Å². The Labute approximate surface area is 109 Å². The third kappa shape index (κ3) is 4.48. The van der Waals surface area contributed by atoms with Crippen molar-refractivity contribution in [3.8, 4) is 0 Å². The van der Waals surface area contributed by atoms with Crippen molar-refractivity contribution >= 4 is 0 Å². The zero-order chi connectivity index (χ0) is 13.8. The molecule has 1 rings (SSSR count). The van der Waals surface area contributed by atoms with Gasteiger partial charge in [0.05, 0.1) is 18.3 Å². The first-order valence-corrected chi connectivity index (χ1v) is 6.53. The minimum absolute atomic E-state index is 0.237. The summed E-state index contributed by atoms with van der Waals surface area (Å²) < 4.78 is 21.8. The van der Waals surface area contributed by atoms with Crippen LogP contribution in [0.15, 0.2) is 0 Å². The maximum Gasteiger partial charge on any atom is 0.271 e. The fourth-order valence-corrected chi connectivity index (χ4v) is 1.96. The van der Waals surface area contributed by atoms with Crippen LogP contribution in [-0.2, 0) is 18.9 Å². The molecule has 0 aromatic rings. The van der Waals surface area contributed by atoms with Crippen molar-refractivity contribution in [3.05, 3.63) is 0 Å². The molecular formula is C13H26O5. The summed E-state index contributed by atoms with van der Waals surface area (Å²) in [5.41, 5.74) is -1.11. The number of hydrogen-bond donors (Lipinski definition) is 1. The van der Waals surface area contributed by atoms with Crippen molar-refractivity contribution in [1.29, 1.82) is 0 Å². The Bertz CT molecular complexity index is 244. The van der Waals surface area contributed by atoms with E-state index in [-0.39, 0.29) is 11.7 Å². The van der Waals surface area contributed by atoms with E-state index in [1.807, 2.05) is 6.92 Å². The highest BCUT2D eigenvalue weighted by Gasteiger charge is 2.52. The van der Waals surface area contributed by atoms with E-state index in [4.69, 9.17) is 18.9 Å². The molecule has 0 saturated carbocycles. The number of rotatable bonds is 9. The molecule has 3 atom stereocenters. The first-order chi connectivity index (χ1) is 8.37. The Balaban J connectivity index is 2.66. The van der Waals surface area contributed by atoms with Crippen molar-refractivity contribution in [2.45, 2.75) is 64.3 Å². The van der Waals surface area contributed by atoms with Crippen LogP contribution in [0.25, 0.3) is 0 Å². The molecule has 0 aromatic carbocycles. The maximum absolute atomic E-state index is 9.97. The molecule has 0 amide bonds. The van der Waals surface area contributed by atoms with Crippen LogP contribution in [0.2, 0.25) is 0 Å². The predicted molar refractivity (Wildman–Crippen MR) is 67.2 cm³/mol. The van der Waals surface area contributed by atoms with E-state index < -0.39 is 12.1 Å². The first-order valence-electron chi connectivity index (χ1n) is 6.53. The average molecular weight is 262 g/mol. The largest absolute Gasteiger partial charge is 0.390 e. The van der Waals surface area contributed by atoms with Gasteiger partial charge in [0.2, 0.25) is 0 Å². The van der Waals surface area contributed by atoms with E-state index in [1.165, 1.54) is 7.11 Å². The Morgan fingerprint density at radius 1 is 1.39 bits per heavy atom. The standard InChI is InChI=1S/C13H26O5/c1-6-13(9-17-13)10(8-12(3,4)14)18-11(15-5)16-7-2/h10-11,14H,6-9H2,1-5H3. The van der Waals surface area contributed by atoms with Crippen LogP contribution >= 0.6 is 0 Å². The lowest BCUT2D eigenvalue weighted by Crippen LogP contribution is -2.42. The lowest BCUT2D eigenvalue weighted by atomic mass is 9.90. The van der Waals surface area contributed by atoms with E-state index >= 15 is 0 Å². The molecule has 0 bridgehead atoms. The SMILES string of the molecule is CCOC(OC)OC(CC(C)(C)O)C1(CC)CO1. The maximum atomic E-state index is 9.97. The fourth-order valence-electron chi connectivity index (χ4n) is 1.96. The molecule has 1 saturated heterocycles. The van der Waals surface area contributed by atoms with Gasteiger partial charge < -0.3 is 24.1 Å². The second kappa shape index (κ2) is 6.30. The van der Waals surface area contributed by atoms with Gasteiger partial charge in [0, 0.05) is 20.1 Å². The van der Waals surface area contributed by atoms with Gasteiger partial charge in [-0.15, -0.1) is 0 Å². The topological polar surface area (TPSA) is 60.5 Å². The second-order valence-corrected chi connectivity index (χ2v) is 5.33. The van der Waals surface area contributed by atoms with Gasteiger partial charge in [-0.3, -0.25) is 0 Å². The Morgan fingerprint density at radius 3 is 2.33 bits per heavy atom. The molecular weight excluding hydrogens is 236 g/mol. The van der Waals surface area contributed by atoms with Crippen molar-refractivity contribution in [3.63, 3.8) is 0 Å². The molecule has 1 heterocycles. The van der Waals surface area contributed by atoms with Crippen molar-refractivity contribution in [2.75, 3.05) is 20.3 Å². The molecule has 0 aromatic heterocycles. The fraction of sp³-hybridized carbons (Fsp3) is 1.00. The van der Waals surface area contributed by atoms with Gasteiger partial charge in [0.15, 0.2) is 0 Å². The average Bonchev–Trinajstić information content (AvgIpc) is 3.06. The second-order valence-electron chi connectivity index (χ2n) is 5.33. The molecule has 0 radical (unpaired) electrons. The minimum Gasteiger partial charge on any atom is -0.390 e. The lowest BCUT2D eigenvalue weighted by molar-refractivity contribution is -0.304. The van der Waals surface area contributed by atoms with Crippen LogP contribution < -0.4 is 0 Å². The molecule has 1 N–H and O–H groups in total. The molecule has 108 valence electrons. The van der Waals surface area contributed by atoms with Gasteiger partial charge in [-0.2, -0.15) is 0 Å². The molecule has 1 fully saturated rings.